The fourth-order valence-electron chi connectivity index (χ4n) is 3.18. The Bertz CT molecular complexity index is 520. The molecular weight excluding hydrogens is 304 g/mol. The predicted molar refractivity (Wildman–Crippen MR) is 95.6 cm³/mol. The lowest BCUT2D eigenvalue weighted by Gasteiger charge is -2.36. The third-order valence-corrected chi connectivity index (χ3v) is 4.77. The first-order valence-electron chi connectivity index (χ1n) is 8.87. The van der Waals surface area contributed by atoms with Gasteiger partial charge in [0.1, 0.15) is 0 Å². The molecule has 0 unspecified atom stereocenters. The topological polar surface area (TPSA) is 48.0 Å². The molecule has 3 rings (SSSR count). The highest BCUT2D eigenvalue weighted by atomic mass is 16.5. The van der Waals surface area contributed by atoms with Gasteiger partial charge in [0.25, 0.3) is 0 Å². The molecule has 0 saturated carbocycles. The first-order valence-corrected chi connectivity index (χ1v) is 8.87. The van der Waals surface area contributed by atoms with Gasteiger partial charge in [0.15, 0.2) is 0 Å². The van der Waals surface area contributed by atoms with E-state index < -0.39 is 0 Å². The summed E-state index contributed by atoms with van der Waals surface area (Å²) >= 11 is 0. The second kappa shape index (κ2) is 8.35. The molecule has 1 aromatic carbocycles. The zero-order valence-corrected chi connectivity index (χ0v) is 14.5. The van der Waals surface area contributed by atoms with E-state index in [0.717, 1.165) is 59.0 Å². The number of nitrogens with one attached hydrogen (secondary N) is 1. The van der Waals surface area contributed by atoms with Crippen molar-refractivity contribution in [2.45, 2.75) is 6.92 Å². The highest BCUT2D eigenvalue weighted by Gasteiger charge is 2.21. The molecule has 0 aromatic heterocycles. The van der Waals surface area contributed by atoms with Crippen LogP contribution in [0.4, 0.5) is 10.5 Å². The van der Waals surface area contributed by atoms with E-state index in [4.69, 9.17) is 4.74 Å². The van der Waals surface area contributed by atoms with Crippen molar-refractivity contribution in [2.75, 3.05) is 70.5 Å². The molecule has 0 aliphatic carbocycles. The molecule has 2 fully saturated rings. The summed E-state index contributed by atoms with van der Waals surface area (Å²) in [6.45, 7) is 10.6. The van der Waals surface area contributed by atoms with Crippen molar-refractivity contribution in [3.8, 4) is 0 Å². The Kier molecular flexibility index (Phi) is 5.93. The zero-order chi connectivity index (χ0) is 16.8. The number of hydrogen-bond acceptors (Lipinski definition) is 4. The van der Waals surface area contributed by atoms with Crippen LogP contribution in [0.2, 0.25) is 0 Å². The van der Waals surface area contributed by atoms with Crippen LogP contribution in [0, 0.1) is 6.92 Å². The van der Waals surface area contributed by atoms with Gasteiger partial charge < -0.3 is 19.9 Å². The summed E-state index contributed by atoms with van der Waals surface area (Å²) in [5.41, 5.74) is 2.52. The number of piperazine rings is 1. The highest BCUT2D eigenvalue weighted by Crippen LogP contribution is 2.17. The van der Waals surface area contributed by atoms with Crippen molar-refractivity contribution in [3.05, 3.63) is 29.8 Å². The van der Waals surface area contributed by atoms with Crippen LogP contribution in [0.25, 0.3) is 0 Å². The first-order chi connectivity index (χ1) is 11.7. The number of rotatable bonds is 4. The van der Waals surface area contributed by atoms with Gasteiger partial charge in [0.2, 0.25) is 0 Å². The van der Waals surface area contributed by atoms with E-state index in [1.54, 1.807) is 0 Å². The zero-order valence-electron chi connectivity index (χ0n) is 14.5. The highest BCUT2D eigenvalue weighted by molar-refractivity contribution is 5.74. The minimum Gasteiger partial charge on any atom is -0.379 e. The van der Waals surface area contributed by atoms with Crippen LogP contribution in [0.5, 0.6) is 0 Å². The third-order valence-electron chi connectivity index (χ3n) is 4.77. The summed E-state index contributed by atoms with van der Waals surface area (Å²) in [6.07, 6.45) is 0. The molecule has 0 atom stereocenters. The number of ether oxygens (including phenoxy) is 1. The average molecular weight is 332 g/mol. The van der Waals surface area contributed by atoms with Crippen molar-refractivity contribution in [2.24, 2.45) is 0 Å². The first kappa shape index (κ1) is 17.0. The van der Waals surface area contributed by atoms with Gasteiger partial charge in [-0.2, -0.15) is 0 Å². The Morgan fingerprint density at radius 1 is 1.04 bits per heavy atom. The molecule has 2 aliphatic heterocycles. The maximum absolute atomic E-state index is 12.3. The van der Waals surface area contributed by atoms with Crippen molar-refractivity contribution in [1.29, 1.82) is 0 Å². The predicted octanol–water partition coefficient (Wildman–Crippen LogP) is 1.16. The molecule has 6 heteroatoms. The Morgan fingerprint density at radius 3 is 2.38 bits per heavy atom. The molecule has 2 amide bonds. The van der Waals surface area contributed by atoms with E-state index in [1.807, 2.05) is 4.90 Å². The SMILES string of the molecule is Cc1ccc(N2CCN(C(=O)NCCN3CCOCC3)CC2)cc1. The monoisotopic (exact) mass is 332 g/mol. The van der Waals surface area contributed by atoms with Gasteiger partial charge in [-0.3, -0.25) is 4.90 Å². The van der Waals surface area contributed by atoms with E-state index in [9.17, 15) is 4.79 Å². The third kappa shape index (κ3) is 4.61. The van der Waals surface area contributed by atoms with Crippen LogP contribution < -0.4 is 10.2 Å². The molecule has 0 bridgehead atoms. The van der Waals surface area contributed by atoms with Gasteiger partial charge in [0.05, 0.1) is 13.2 Å². The van der Waals surface area contributed by atoms with Crippen LogP contribution in [0.1, 0.15) is 5.56 Å². The molecule has 0 radical (unpaired) electrons. The molecule has 24 heavy (non-hydrogen) atoms. The lowest BCUT2D eigenvalue weighted by molar-refractivity contribution is 0.0386. The standard InChI is InChI=1S/C18H28N4O2/c1-16-2-4-17(5-3-16)21-8-10-22(11-9-21)18(23)19-6-7-20-12-14-24-15-13-20/h2-5H,6-15H2,1H3,(H,19,23). The second-order valence-corrected chi connectivity index (χ2v) is 6.50. The average Bonchev–Trinajstić information content (AvgIpc) is 2.63. The maximum Gasteiger partial charge on any atom is 0.317 e. The van der Waals surface area contributed by atoms with Gasteiger partial charge in [0, 0.05) is 58.0 Å². The van der Waals surface area contributed by atoms with Crippen molar-refractivity contribution >= 4 is 11.7 Å². The largest absolute Gasteiger partial charge is 0.379 e. The summed E-state index contributed by atoms with van der Waals surface area (Å²) in [7, 11) is 0. The van der Waals surface area contributed by atoms with Crippen molar-refractivity contribution in [1.82, 2.24) is 15.1 Å². The number of urea groups is 1. The maximum atomic E-state index is 12.3. The van der Waals surface area contributed by atoms with Crippen LogP contribution in [-0.2, 0) is 4.74 Å². The fourth-order valence-corrected chi connectivity index (χ4v) is 3.18. The number of carbonyl (C=O) groups is 1. The van der Waals surface area contributed by atoms with E-state index in [-0.39, 0.29) is 6.03 Å². The number of carbonyl (C=O) groups excluding carboxylic acids is 1. The van der Waals surface area contributed by atoms with Crippen molar-refractivity contribution < 1.29 is 9.53 Å². The Morgan fingerprint density at radius 2 is 1.71 bits per heavy atom. The van der Waals surface area contributed by atoms with Crippen LogP contribution >= 0.6 is 0 Å². The van der Waals surface area contributed by atoms with Gasteiger partial charge in [-0.1, -0.05) is 17.7 Å². The molecule has 132 valence electrons. The Hall–Kier alpha value is -1.79. The number of aryl methyl sites for hydroxylation is 1. The molecule has 2 heterocycles. The van der Waals surface area contributed by atoms with Crippen LogP contribution in [-0.4, -0.2) is 81.4 Å². The summed E-state index contributed by atoms with van der Waals surface area (Å²) in [4.78, 5) is 18.9. The normalized spacial score (nSPS) is 19.4. The Labute approximate surface area is 144 Å². The minimum absolute atomic E-state index is 0.0619. The van der Waals surface area contributed by atoms with E-state index >= 15 is 0 Å². The summed E-state index contributed by atoms with van der Waals surface area (Å²) < 4.78 is 5.33. The van der Waals surface area contributed by atoms with Crippen LogP contribution in [0.15, 0.2) is 24.3 Å². The van der Waals surface area contributed by atoms with Gasteiger partial charge in [-0.15, -0.1) is 0 Å². The molecule has 2 aliphatic rings. The molecule has 1 aromatic rings. The van der Waals surface area contributed by atoms with Gasteiger partial charge in [-0.05, 0) is 19.1 Å². The van der Waals surface area contributed by atoms with Gasteiger partial charge >= 0.3 is 6.03 Å². The molecule has 1 N–H and O–H groups in total. The summed E-state index contributed by atoms with van der Waals surface area (Å²) in [6, 6.07) is 8.66. The number of nitrogens with zero attached hydrogens (tertiary/aromatic N) is 3. The van der Waals surface area contributed by atoms with Gasteiger partial charge in [-0.25, -0.2) is 4.79 Å². The van der Waals surface area contributed by atoms with E-state index in [2.05, 4.69) is 46.3 Å². The van der Waals surface area contributed by atoms with Crippen molar-refractivity contribution in [3.63, 3.8) is 0 Å². The summed E-state index contributed by atoms with van der Waals surface area (Å²) in [5.74, 6) is 0. The number of benzene rings is 1. The summed E-state index contributed by atoms with van der Waals surface area (Å²) in [5, 5.41) is 3.05. The molecule has 2 saturated heterocycles. The van der Waals surface area contributed by atoms with Crippen LogP contribution in [0.3, 0.4) is 0 Å². The number of morpholine rings is 1. The lowest BCUT2D eigenvalue weighted by atomic mass is 10.2. The molecule has 0 spiro atoms. The number of amides is 2. The fraction of sp³-hybridized carbons (Fsp3) is 0.611. The Balaban J connectivity index is 1.37. The molecule has 6 nitrogen and oxygen atoms in total. The smallest absolute Gasteiger partial charge is 0.317 e. The number of anilines is 1. The number of hydrogen-bond donors (Lipinski definition) is 1. The second-order valence-electron chi connectivity index (χ2n) is 6.50. The van der Waals surface area contributed by atoms with E-state index in [0.29, 0.717) is 6.54 Å². The minimum atomic E-state index is 0.0619. The quantitative estimate of drug-likeness (QED) is 0.899. The molecular formula is C18H28N4O2. The van der Waals surface area contributed by atoms with E-state index in [1.165, 1.54) is 11.3 Å². The lowest BCUT2D eigenvalue weighted by Crippen LogP contribution is -2.52.